The number of hydrogen-bond acceptors (Lipinski definition) is 5. The SMILES string of the molecule is Cc1c(C(=O)c2ccc(OC(C)C)cc2)c(O)n(CC(C)C)c(=O)c1C#N. The van der Waals surface area contributed by atoms with Gasteiger partial charge in [-0.2, -0.15) is 5.26 Å². The van der Waals surface area contributed by atoms with E-state index in [1.807, 2.05) is 33.8 Å². The van der Waals surface area contributed by atoms with Gasteiger partial charge in [0.15, 0.2) is 5.78 Å². The first-order chi connectivity index (χ1) is 12.7. The highest BCUT2D eigenvalue weighted by atomic mass is 16.5. The van der Waals surface area contributed by atoms with Crippen LogP contribution in [0.4, 0.5) is 0 Å². The van der Waals surface area contributed by atoms with Crippen LogP contribution in [-0.2, 0) is 6.54 Å². The number of ether oxygens (including phenoxy) is 1. The van der Waals surface area contributed by atoms with Gasteiger partial charge in [0, 0.05) is 12.1 Å². The number of rotatable bonds is 6. The number of nitriles is 1. The number of nitrogens with zero attached hydrogens (tertiary/aromatic N) is 2. The topological polar surface area (TPSA) is 92.3 Å². The Kier molecular flexibility index (Phi) is 6.06. The van der Waals surface area contributed by atoms with Gasteiger partial charge in [-0.3, -0.25) is 14.2 Å². The number of benzene rings is 1. The molecule has 0 aliphatic rings. The highest BCUT2D eigenvalue weighted by Crippen LogP contribution is 2.26. The van der Waals surface area contributed by atoms with E-state index in [-0.39, 0.29) is 35.3 Å². The molecule has 0 unspecified atom stereocenters. The first kappa shape index (κ1) is 20.2. The summed E-state index contributed by atoms with van der Waals surface area (Å²) in [5.74, 6) is -0.170. The highest BCUT2D eigenvalue weighted by molar-refractivity contribution is 6.11. The van der Waals surface area contributed by atoms with E-state index in [2.05, 4.69) is 0 Å². The average molecular weight is 368 g/mol. The molecule has 0 aliphatic heterocycles. The van der Waals surface area contributed by atoms with Gasteiger partial charge in [-0.15, -0.1) is 0 Å². The van der Waals surface area contributed by atoms with Crippen molar-refractivity contribution in [2.45, 2.75) is 47.3 Å². The molecular formula is C21H24N2O4. The van der Waals surface area contributed by atoms with E-state index in [0.29, 0.717) is 11.3 Å². The van der Waals surface area contributed by atoms with Crippen LogP contribution in [0, 0.1) is 24.2 Å². The summed E-state index contributed by atoms with van der Waals surface area (Å²) in [6, 6.07) is 8.42. The molecule has 0 saturated carbocycles. The molecule has 2 rings (SSSR count). The highest BCUT2D eigenvalue weighted by Gasteiger charge is 2.25. The molecular weight excluding hydrogens is 344 g/mol. The minimum Gasteiger partial charge on any atom is -0.494 e. The maximum Gasteiger partial charge on any atom is 0.271 e. The number of aromatic nitrogens is 1. The average Bonchev–Trinajstić information content (AvgIpc) is 2.59. The first-order valence-electron chi connectivity index (χ1n) is 8.85. The first-order valence-corrected chi connectivity index (χ1v) is 8.85. The Morgan fingerprint density at radius 1 is 1.22 bits per heavy atom. The van der Waals surface area contributed by atoms with Crippen molar-refractivity contribution in [3.63, 3.8) is 0 Å². The predicted octanol–water partition coefficient (Wildman–Crippen LogP) is 3.41. The van der Waals surface area contributed by atoms with E-state index in [1.165, 1.54) is 6.92 Å². The van der Waals surface area contributed by atoms with Gasteiger partial charge < -0.3 is 9.84 Å². The van der Waals surface area contributed by atoms with Crippen LogP contribution in [0.1, 0.15) is 54.7 Å². The van der Waals surface area contributed by atoms with Crippen LogP contribution in [0.15, 0.2) is 29.1 Å². The second-order valence-corrected chi connectivity index (χ2v) is 7.14. The van der Waals surface area contributed by atoms with Gasteiger partial charge in [-0.25, -0.2) is 0 Å². The molecule has 0 fully saturated rings. The number of hydrogen-bond donors (Lipinski definition) is 1. The van der Waals surface area contributed by atoms with Gasteiger partial charge in [0.2, 0.25) is 5.88 Å². The maximum absolute atomic E-state index is 13.0. The molecule has 6 nitrogen and oxygen atoms in total. The van der Waals surface area contributed by atoms with Gasteiger partial charge in [0.05, 0.1) is 11.7 Å². The van der Waals surface area contributed by atoms with E-state index < -0.39 is 17.2 Å². The summed E-state index contributed by atoms with van der Waals surface area (Å²) in [6.45, 7) is 9.28. The summed E-state index contributed by atoms with van der Waals surface area (Å²) in [4.78, 5) is 25.5. The van der Waals surface area contributed by atoms with E-state index >= 15 is 0 Å². The van der Waals surface area contributed by atoms with Gasteiger partial charge in [0.25, 0.3) is 5.56 Å². The van der Waals surface area contributed by atoms with Crippen molar-refractivity contribution < 1.29 is 14.6 Å². The lowest BCUT2D eigenvalue weighted by atomic mass is 9.97. The lowest BCUT2D eigenvalue weighted by Crippen LogP contribution is -2.28. The third kappa shape index (κ3) is 4.20. The third-order valence-corrected chi connectivity index (χ3v) is 4.06. The minimum absolute atomic E-state index is 0.00983. The van der Waals surface area contributed by atoms with Crippen LogP contribution in [0.25, 0.3) is 0 Å². The molecule has 0 amide bonds. The molecule has 0 saturated heterocycles. The Morgan fingerprint density at radius 2 is 1.81 bits per heavy atom. The maximum atomic E-state index is 13.0. The predicted molar refractivity (Wildman–Crippen MR) is 102 cm³/mol. The van der Waals surface area contributed by atoms with Gasteiger partial charge >= 0.3 is 0 Å². The molecule has 1 heterocycles. The summed E-state index contributed by atoms with van der Waals surface area (Å²) >= 11 is 0. The van der Waals surface area contributed by atoms with E-state index in [4.69, 9.17) is 4.74 Å². The third-order valence-electron chi connectivity index (χ3n) is 4.06. The smallest absolute Gasteiger partial charge is 0.271 e. The lowest BCUT2D eigenvalue weighted by Gasteiger charge is -2.17. The molecule has 0 radical (unpaired) electrons. The number of carbonyl (C=O) groups is 1. The Balaban J connectivity index is 2.58. The number of aromatic hydroxyl groups is 1. The van der Waals surface area contributed by atoms with Crippen molar-refractivity contribution in [3.8, 4) is 17.7 Å². The summed E-state index contributed by atoms with van der Waals surface area (Å²) in [5.41, 5.74) is -0.213. The Hall–Kier alpha value is -3.07. The van der Waals surface area contributed by atoms with Gasteiger partial charge in [-0.1, -0.05) is 13.8 Å². The monoisotopic (exact) mass is 368 g/mol. The fourth-order valence-electron chi connectivity index (χ4n) is 2.86. The Labute approximate surface area is 158 Å². The zero-order valence-corrected chi connectivity index (χ0v) is 16.2. The van der Waals surface area contributed by atoms with E-state index in [1.54, 1.807) is 24.3 Å². The Morgan fingerprint density at radius 3 is 2.30 bits per heavy atom. The van der Waals surface area contributed by atoms with Crippen molar-refractivity contribution in [2.24, 2.45) is 5.92 Å². The molecule has 27 heavy (non-hydrogen) atoms. The zero-order valence-electron chi connectivity index (χ0n) is 16.2. The fourth-order valence-corrected chi connectivity index (χ4v) is 2.86. The molecule has 0 bridgehead atoms. The van der Waals surface area contributed by atoms with Crippen molar-refractivity contribution in [3.05, 3.63) is 56.9 Å². The number of pyridine rings is 1. The largest absolute Gasteiger partial charge is 0.494 e. The van der Waals surface area contributed by atoms with Crippen LogP contribution in [0.2, 0.25) is 0 Å². The molecule has 0 aliphatic carbocycles. The van der Waals surface area contributed by atoms with Crippen LogP contribution < -0.4 is 10.3 Å². The van der Waals surface area contributed by atoms with Crippen LogP contribution in [0.5, 0.6) is 11.6 Å². The summed E-state index contributed by atoms with van der Waals surface area (Å²) in [5, 5.41) is 20.0. The molecule has 1 aromatic carbocycles. The summed E-state index contributed by atoms with van der Waals surface area (Å²) in [6.07, 6.45) is 0.00983. The molecule has 6 heteroatoms. The normalized spacial score (nSPS) is 10.9. The van der Waals surface area contributed by atoms with Crippen molar-refractivity contribution in [2.75, 3.05) is 0 Å². The minimum atomic E-state index is -0.585. The molecule has 1 N–H and O–H groups in total. The van der Waals surface area contributed by atoms with Crippen molar-refractivity contribution >= 4 is 5.78 Å². The molecule has 0 spiro atoms. The van der Waals surface area contributed by atoms with Crippen LogP contribution in [-0.4, -0.2) is 21.6 Å². The number of ketones is 1. The number of carbonyl (C=O) groups excluding carboxylic acids is 1. The Bertz CT molecular complexity index is 948. The summed E-state index contributed by atoms with van der Waals surface area (Å²) < 4.78 is 6.66. The van der Waals surface area contributed by atoms with Gasteiger partial charge in [0.1, 0.15) is 17.4 Å². The van der Waals surface area contributed by atoms with Crippen LogP contribution >= 0.6 is 0 Å². The van der Waals surface area contributed by atoms with E-state index in [9.17, 15) is 20.0 Å². The van der Waals surface area contributed by atoms with E-state index in [0.717, 1.165) is 4.57 Å². The molecule has 0 atom stereocenters. The quantitative estimate of drug-likeness (QED) is 0.789. The van der Waals surface area contributed by atoms with Crippen LogP contribution in [0.3, 0.4) is 0 Å². The standard InChI is InChI=1S/C21H24N2O4/c1-12(2)11-23-20(25)17(10-22)14(5)18(21(23)26)19(24)15-6-8-16(9-7-15)27-13(3)4/h6-9,12-13,26H,11H2,1-5H3. The fraction of sp³-hybridized carbons (Fsp3) is 0.381. The van der Waals surface area contributed by atoms with Gasteiger partial charge in [-0.05, 0) is 56.5 Å². The molecule has 2 aromatic rings. The summed E-state index contributed by atoms with van der Waals surface area (Å²) in [7, 11) is 0. The molecule has 1 aromatic heterocycles. The van der Waals surface area contributed by atoms with Crippen molar-refractivity contribution in [1.82, 2.24) is 4.57 Å². The molecule has 142 valence electrons. The van der Waals surface area contributed by atoms with Crippen molar-refractivity contribution in [1.29, 1.82) is 5.26 Å². The second-order valence-electron chi connectivity index (χ2n) is 7.14. The lowest BCUT2D eigenvalue weighted by molar-refractivity contribution is 0.103. The second kappa shape index (κ2) is 8.09. The zero-order chi connectivity index (χ0) is 20.3.